The maximum atomic E-state index is 13.4. The molecule has 3 amide bonds. The molecule has 10 nitrogen and oxygen atoms in total. The molecule has 4 aromatic rings. The lowest BCUT2D eigenvalue weighted by Gasteiger charge is -2.41. The first-order valence-electron chi connectivity index (χ1n) is 14.0. The van der Waals surface area contributed by atoms with E-state index < -0.39 is 17.5 Å². The van der Waals surface area contributed by atoms with Crippen LogP contribution in [-0.4, -0.2) is 71.1 Å². The molecular weight excluding hydrogens is 570 g/mol. The fourth-order valence-corrected chi connectivity index (χ4v) is 5.68. The summed E-state index contributed by atoms with van der Waals surface area (Å²) in [7, 11) is 1.55. The minimum absolute atomic E-state index is 0.0925. The number of carbonyl (C=O) groups is 3. The Bertz CT molecular complexity index is 1710. The van der Waals surface area contributed by atoms with E-state index in [4.69, 9.17) is 16.3 Å². The number of aromatic amines is 1. The molecular formula is C32H34ClN5O5. The van der Waals surface area contributed by atoms with Crippen molar-refractivity contribution >= 4 is 40.2 Å². The van der Waals surface area contributed by atoms with Crippen LogP contribution in [0.15, 0.2) is 77.9 Å². The molecule has 224 valence electrons. The maximum absolute atomic E-state index is 13.4. The molecule has 1 aliphatic heterocycles. The van der Waals surface area contributed by atoms with E-state index in [1.165, 1.54) is 10.6 Å². The second-order valence-corrected chi connectivity index (χ2v) is 11.8. The highest BCUT2D eigenvalue weighted by molar-refractivity contribution is 6.35. The molecule has 2 aromatic carbocycles. The van der Waals surface area contributed by atoms with Gasteiger partial charge in [-0.15, -0.1) is 0 Å². The van der Waals surface area contributed by atoms with Gasteiger partial charge < -0.3 is 25.3 Å². The number of amides is 3. The lowest BCUT2D eigenvalue weighted by Crippen LogP contribution is -2.62. The standard InChI is InChI=1S/C32H34ClN5O5/c1-32(2,19-43-3)31(42)37-15-13-25(35-30(41)21-9-12-23-24(33)17-34-26(23)16-21)27(18-37)36-29(40)20-7-10-22(11-8-20)38-14-5-4-6-28(38)39/h4-12,14,16-17,25,27,34H,13,15,18-19H2,1-3H3,(H,35,41)(H,36,40)/t25-,27+/m1/s1. The fraction of sp³-hybridized carbons (Fsp3) is 0.312. The Balaban J connectivity index is 1.35. The highest BCUT2D eigenvalue weighted by atomic mass is 35.5. The Morgan fingerprint density at radius 2 is 1.70 bits per heavy atom. The van der Waals surface area contributed by atoms with Crippen molar-refractivity contribution in [2.75, 3.05) is 26.8 Å². The minimum Gasteiger partial charge on any atom is -0.384 e. The van der Waals surface area contributed by atoms with Crippen LogP contribution in [0.1, 0.15) is 41.0 Å². The zero-order valence-electron chi connectivity index (χ0n) is 24.2. The van der Waals surface area contributed by atoms with E-state index in [-0.39, 0.29) is 36.4 Å². The number of methoxy groups -OCH3 is 1. The summed E-state index contributed by atoms with van der Waals surface area (Å²) >= 11 is 6.19. The number of benzene rings is 2. The Kier molecular flexibility index (Phi) is 8.70. The summed E-state index contributed by atoms with van der Waals surface area (Å²) in [4.78, 5) is 57.1. The van der Waals surface area contributed by atoms with Gasteiger partial charge in [-0.05, 0) is 62.7 Å². The summed E-state index contributed by atoms with van der Waals surface area (Å²) in [6, 6.07) is 15.8. The molecule has 0 aliphatic carbocycles. The molecule has 1 fully saturated rings. The second kappa shape index (κ2) is 12.4. The van der Waals surface area contributed by atoms with Crippen molar-refractivity contribution in [3.05, 3.63) is 99.6 Å². The van der Waals surface area contributed by atoms with Crippen LogP contribution in [0.25, 0.3) is 16.6 Å². The number of likely N-dealkylation sites (tertiary alicyclic amines) is 1. The van der Waals surface area contributed by atoms with Crippen molar-refractivity contribution in [1.29, 1.82) is 0 Å². The third kappa shape index (κ3) is 6.50. The van der Waals surface area contributed by atoms with Gasteiger partial charge in [0.25, 0.3) is 17.4 Å². The van der Waals surface area contributed by atoms with Crippen molar-refractivity contribution in [3.63, 3.8) is 0 Å². The van der Waals surface area contributed by atoms with Crippen LogP contribution in [0, 0.1) is 5.41 Å². The number of nitrogens with one attached hydrogen (secondary N) is 3. The van der Waals surface area contributed by atoms with Gasteiger partial charge >= 0.3 is 0 Å². The number of hydrogen-bond acceptors (Lipinski definition) is 5. The molecule has 0 spiro atoms. The van der Waals surface area contributed by atoms with Crippen LogP contribution in [0.3, 0.4) is 0 Å². The molecule has 0 radical (unpaired) electrons. The number of hydrogen-bond donors (Lipinski definition) is 3. The summed E-state index contributed by atoms with van der Waals surface area (Å²) in [6.45, 7) is 4.52. The predicted octanol–water partition coefficient (Wildman–Crippen LogP) is 3.77. The van der Waals surface area contributed by atoms with E-state index >= 15 is 0 Å². The molecule has 2 atom stereocenters. The van der Waals surface area contributed by atoms with Crippen molar-refractivity contribution in [2.45, 2.75) is 32.4 Å². The quantitative estimate of drug-likeness (QED) is 0.283. The second-order valence-electron chi connectivity index (χ2n) is 11.4. The molecule has 1 aliphatic rings. The van der Waals surface area contributed by atoms with E-state index in [1.54, 1.807) is 79.0 Å². The maximum Gasteiger partial charge on any atom is 0.255 e. The van der Waals surface area contributed by atoms with Gasteiger partial charge in [-0.1, -0.05) is 23.7 Å². The minimum atomic E-state index is -0.753. The van der Waals surface area contributed by atoms with Gasteiger partial charge in [0.15, 0.2) is 0 Å². The van der Waals surface area contributed by atoms with Gasteiger partial charge in [0, 0.05) is 66.4 Å². The van der Waals surface area contributed by atoms with E-state index in [0.29, 0.717) is 34.8 Å². The number of pyridine rings is 1. The van der Waals surface area contributed by atoms with E-state index in [9.17, 15) is 19.2 Å². The smallest absolute Gasteiger partial charge is 0.255 e. The van der Waals surface area contributed by atoms with Gasteiger partial charge in [-0.3, -0.25) is 23.7 Å². The van der Waals surface area contributed by atoms with E-state index in [2.05, 4.69) is 15.6 Å². The summed E-state index contributed by atoms with van der Waals surface area (Å²) in [5, 5.41) is 7.50. The predicted molar refractivity (Wildman–Crippen MR) is 165 cm³/mol. The molecule has 2 aromatic heterocycles. The summed E-state index contributed by atoms with van der Waals surface area (Å²) < 4.78 is 6.75. The highest BCUT2D eigenvalue weighted by Gasteiger charge is 2.39. The number of rotatable bonds is 8. The first-order valence-corrected chi connectivity index (χ1v) is 14.4. The Morgan fingerprint density at radius 3 is 2.42 bits per heavy atom. The zero-order chi connectivity index (χ0) is 30.7. The number of nitrogens with zero attached hydrogens (tertiary/aromatic N) is 2. The average molecular weight is 604 g/mol. The van der Waals surface area contributed by atoms with Crippen LogP contribution in [-0.2, 0) is 9.53 Å². The average Bonchev–Trinajstić information content (AvgIpc) is 3.37. The number of aromatic nitrogens is 2. The number of halogens is 1. The number of piperidine rings is 1. The van der Waals surface area contributed by atoms with Crippen LogP contribution < -0.4 is 16.2 Å². The normalized spacial score (nSPS) is 17.1. The molecule has 43 heavy (non-hydrogen) atoms. The summed E-state index contributed by atoms with van der Waals surface area (Å²) in [5.41, 5.74) is 1.27. The third-order valence-electron chi connectivity index (χ3n) is 7.74. The Labute approximate surface area is 254 Å². The molecule has 1 saturated heterocycles. The lowest BCUT2D eigenvalue weighted by molar-refractivity contribution is -0.144. The first-order chi connectivity index (χ1) is 20.6. The number of ether oxygens (including phenoxy) is 1. The fourth-order valence-electron chi connectivity index (χ4n) is 5.46. The SMILES string of the molecule is COCC(C)(C)C(=O)N1CC[C@@H](NC(=O)c2ccc3c(Cl)c[nH]c3c2)[C@@H](NC(=O)c2ccc(-n3ccccc3=O)cc2)C1. The van der Waals surface area contributed by atoms with E-state index in [0.717, 1.165) is 10.9 Å². The van der Waals surface area contributed by atoms with Gasteiger partial charge in [0.2, 0.25) is 5.91 Å². The zero-order valence-corrected chi connectivity index (χ0v) is 25.0. The molecule has 0 saturated carbocycles. The van der Waals surface area contributed by atoms with Gasteiger partial charge in [0.1, 0.15) is 0 Å². The number of fused-ring (bicyclic) bond motifs is 1. The van der Waals surface area contributed by atoms with Crippen LogP contribution in [0.2, 0.25) is 5.02 Å². The first kappa shape index (κ1) is 30.1. The lowest BCUT2D eigenvalue weighted by atomic mass is 9.90. The van der Waals surface area contributed by atoms with Crippen LogP contribution in [0.5, 0.6) is 0 Å². The summed E-state index contributed by atoms with van der Waals surface area (Å²) in [5.74, 6) is -0.747. The molecule has 0 bridgehead atoms. The van der Waals surface area contributed by atoms with Crippen molar-refractivity contribution in [1.82, 2.24) is 25.1 Å². The van der Waals surface area contributed by atoms with E-state index in [1.807, 2.05) is 13.8 Å². The topological polar surface area (TPSA) is 126 Å². The van der Waals surface area contributed by atoms with Crippen LogP contribution >= 0.6 is 11.6 Å². The van der Waals surface area contributed by atoms with Crippen LogP contribution in [0.4, 0.5) is 0 Å². The summed E-state index contributed by atoms with van der Waals surface area (Å²) in [6.07, 6.45) is 3.77. The molecule has 5 rings (SSSR count). The molecule has 0 unspecified atom stereocenters. The van der Waals surface area contributed by atoms with Crippen molar-refractivity contribution < 1.29 is 19.1 Å². The Morgan fingerprint density at radius 1 is 1.00 bits per heavy atom. The highest BCUT2D eigenvalue weighted by Crippen LogP contribution is 2.25. The number of carbonyl (C=O) groups excluding carboxylic acids is 3. The van der Waals surface area contributed by atoms with Gasteiger partial charge in [-0.2, -0.15) is 0 Å². The van der Waals surface area contributed by atoms with Crippen molar-refractivity contribution in [3.8, 4) is 5.69 Å². The van der Waals surface area contributed by atoms with Crippen molar-refractivity contribution in [2.24, 2.45) is 5.41 Å². The largest absolute Gasteiger partial charge is 0.384 e. The third-order valence-corrected chi connectivity index (χ3v) is 8.05. The monoisotopic (exact) mass is 603 g/mol. The molecule has 3 heterocycles. The van der Waals surface area contributed by atoms with Gasteiger partial charge in [-0.25, -0.2) is 0 Å². The molecule has 3 N–H and O–H groups in total. The number of H-pyrrole nitrogens is 1. The Hall–Kier alpha value is -4.41. The molecule has 11 heteroatoms. The van der Waals surface area contributed by atoms with Gasteiger partial charge in [0.05, 0.1) is 29.1 Å².